The van der Waals surface area contributed by atoms with Gasteiger partial charge in [0.25, 0.3) is 0 Å². The maximum atomic E-state index is 10.9. The summed E-state index contributed by atoms with van der Waals surface area (Å²) in [5.74, 6) is -0.526. The molecular weight excluding hydrogens is 146 g/mol. The number of likely N-dealkylation sites (tertiary alicyclic amines) is 1. The molecule has 0 aromatic heterocycles. The van der Waals surface area contributed by atoms with Crippen LogP contribution in [-0.2, 0) is 9.53 Å². The first kappa shape index (κ1) is 8.49. The van der Waals surface area contributed by atoms with Crippen molar-refractivity contribution in [2.45, 2.75) is 12.5 Å². The Morgan fingerprint density at radius 2 is 2.27 bits per heavy atom. The van der Waals surface area contributed by atoms with E-state index >= 15 is 0 Å². The van der Waals surface area contributed by atoms with Crippen molar-refractivity contribution >= 4 is 5.97 Å². The quantitative estimate of drug-likeness (QED) is 0.537. The number of hydrogen-bond donors (Lipinski definition) is 1. The van der Waals surface area contributed by atoms with Crippen LogP contribution in [0.25, 0.3) is 0 Å². The zero-order chi connectivity index (χ0) is 8.48. The second-order valence-electron chi connectivity index (χ2n) is 2.83. The van der Waals surface area contributed by atoms with Crippen molar-refractivity contribution in [2.75, 3.05) is 26.7 Å². The third-order valence-corrected chi connectivity index (χ3v) is 1.98. The second kappa shape index (κ2) is 2.79. The van der Waals surface area contributed by atoms with Crippen molar-refractivity contribution in [3.05, 3.63) is 0 Å². The smallest absolute Gasteiger partial charge is 0.340 e. The molecule has 1 aliphatic rings. The molecule has 0 bridgehead atoms. The van der Waals surface area contributed by atoms with E-state index in [4.69, 9.17) is 0 Å². The van der Waals surface area contributed by atoms with Crippen LogP contribution in [0.15, 0.2) is 0 Å². The number of nitrogens with zero attached hydrogens (tertiary/aromatic N) is 1. The third-order valence-electron chi connectivity index (χ3n) is 1.98. The van der Waals surface area contributed by atoms with Crippen molar-refractivity contribution in [3.8, 4) is 0 Å². The lowest BCUT2D eigenvalue weighted by molar-refractivity contribution is -0.181. The monoisotopic (exact) mass is 159 g/mol. The highest BCUT2D eigenvalue weighted by atomic mass is 16.5. The van der Waals surface area contributed by atoms with Crippen LogP contribution < -0.4 is 0 Å². The van der Waals surface area contributed by atoms with Crippen LogP contribution in [0.3, 0.4) is 0 Å². The molecule has 1 saturated heterocycles. The summed E-state index contributed by atoms with van der Waals surface area (Å²) < 4.78 is 4.43. The van der Waals surface area contributed by atoms with E-state index < -0.39 is 11.6 Å². The molecule has 4 nitrogen and oxygen atoms in total. The molecule has 0 amide bonds. The van der Waals surface area contributed by atoms with Crippen LogP contribution in [-0.4, -0.2) is 48.3 Å². The lowest BCUT2D eigenvalue weighted by Crippen LogP contribution is -2.66. The molecule has 1 N–H and O–H groups in total. The number of ether oxygens (including phenoxy) is 1. The molecule has 64 valence electrons. The van der Waals surface area contributed by atoms with Gasteiger partial charge in [0, 0.05) is 13.1 Å². The lowest BCUT2D eigenvalue weighted by atomic mass is 9.95. The third kappa shape index (κ3) is 1.36. The number of rotatable bonds is 2. The van der Waals surface area contributed by atoms with Gasteiger partial charge in [-0.2, -0.15) is 0 Å². The SMILES string of the molecule is CCN1CC(O)(C(=O)OC)C1. The van der Waals surface area contributed by atoms with Gasteiger partial charge in [0.05, 0.1) is 7.11 Å². The summed E-state index contributed by atoms with van der Waals surface area (Å²) in [5, 5.41) is 9.46. The molecule has 4 heteroatoms. The minimum Gasteiger partial charge on any atom is -0.467 e. The van der Waals surface area contributed by atoms with E-state index in [2.05, 4.69) is 4.74 Å². The van der Waals surface area contributed by atoms with Crippen molar-refractivity contribution in [1.29, 1.82) is 0 Å². The number of aliphatic hydroxyl groups is 1. The van der Waals surface area contributed by atoms with Crippen LogP contribution in [0.2, 0.25) is 0 Å². The van der Waals surface area contributed by atoms with E-state index in [0.29, 0.717) is 13.1 Å². The Morgan fingerprint density at radius 3 is 2.64 bits per heavy atom. The fourth-order valence-electron chi connectivity index (χ4n) is 1.24. The molecule has 1 rings (SSSR count). The standard InChI is InChI=1S/C7H13NO3/c1-3-8-4-7(10,5-8)6(9)11-2/h10H,3-5H2,1-2H3. The molecule has 0 radical (unpaired) electrons. The van der Waals surface area contributed by atoms with Crippen LogP contribution >= 0.6 is 0 Å². The molecule has 1 fully saturated rings. The summed E-state index contributed by atoms with van der Waals surface area (Å²) in [6.07, 6.45) is 0. The van der Waals surface area contributed by atoms with E-state index in [1.54, 1.807) is 0 Å². The number of β-amino-alcohol motifs (C(OH)–C–C–N with tert-alkyl or cyclic N) is 1. The zero-order valence-corrected chi connectivity index (χ0v) is 6.83. The van der Waals surface area contributed by atoms with Gasteiger partial charge in [-0.3, -0.25) is 4.90 Å². The fraction of sp³-hybridized carbons (Fsp3) is 0.857. The van der Waals surface area contributed by atoms with Crippen molar-refractivity contribution in [1.82, 2.24) is 4.90 Å². The average molecular weight is 159 g/mol. The average Bonchev–Trinajstić information content (AvgIpc) is 1.96. The largest absolute Gasteiger partial charge is 0.467 e. The van der Waals surface area contributed by atoms with Gasteiger partial charge in [0.2, 0.25) is 0 Å². The van der Waals surface area contributed by atoms with E-state index in [-0.39, 0.29) is 0 Å². The number of hydrogen-bond acceptors (Lipinski definition) is 4. The van der Waals surface area contributed by atoms with Gasteiger partial charge in [-0.25, -0.2) is 4.79 Å². The normalized spacial score (nSPS) is 22.5. The highest BCUT2D eigenvalue weighted by molar-refractivity contribution is 5.81. The molecule has 1 heterocycles. The van der Waals surface area contributed by atoms with Gasteiger partial charge in [-0.05, 0) is 6.54 Å². The fourth-order valence-corrected chi connectivity index (χ4v) is 1.24. The second-order valence-corrected chi connectivity index (χ2v) is 2.83. The summed E-state index contributed by atoms with van der Waals surface area (Å²) in [6, 6.07) is 0. The maximum Gasteiger partial charge on any atom is 0.340 e. The van der Waals surface area contributed by atoms with E-state index in [9.17, 15) is 9.90 Å². The lowest BCUT2D eigenvalue weighted by Gasteiger charge is -2.43. The van der Waals surface area contributed by atoms with Gasteiger partial charge in [0.1, 0.15) is 0 Å². The summed E-state index contributed by atoms with van der Waals surface area (Å²) >= 11 is 0. The Hall–Kier alpha value is -0.610. The topological polar surface area (TPSA) is 49.8 Å². The Labute approximate surface area is 65.8 Å². The number of carbonyl (C=O) groups is 1. The predicted octanol–water partition coefficient (Wildman–Crippen LogP) is -0.774. The van der Waals surface area contributed by atoms with Crippen molar-refractivity contribution < 1.29 is 14.6 Å². The molecule has 0 aromatic carbocycles. The zero-order valence-electron chi connectivity index (χ0n) is 6.83. The first-order chi connectivity index (χ1) is 5.12. The van der Waals surface area contributed by atoms with Gasteiger partial charge in [-0.15, -0.1) is 0 Å². The van der Waals surface area contributed by atoms with Crippen LogP contribution in [0.5, 0.6) is 0 Å². The van der Waals surface area contributed by atoms with Crippen molar-refractivity contribution in [2.24, 2.45) is 0 Å². The first-order valence-electron chi connectivity index (χ1n) is 3.65. The molecule has 0 aliphatic carbocycles. The van der Waals surface area contributed by atoms with Gasteiger partial charge in [0.15, 0.2) is 5.60 Å². The summed E-state index contributed by atoms with van der Waals surface area (Å²) in [7, 11) is 1.29. The van der Waals surface area contributed by atoms with E-state index in [0.717, 1.165) is 6.54 Å². The number of esters is 1. The molecule has 0 saturated carbocycles. The molecule has 0 aromatic rings. The molecule has 0 atom stereocenters. The van der Waals surface area contributed by atoms with E-state index in [1.165, 1.54) is 7.11 Å². The highest BCUT2D eigenvalue weighted by Gasteiger charge is 2.47. The minimum atomic E-state index is -1.23. The molecule has 1 aliphatic heterocycles. The Kier molecular flexibility index (Phi) is 2.15. The number of likely N-dealkylation sites (N-methyl/N-ethyl adjacent to an activating group) is 1. The van der Waals surface area contributed by atoms with Crippen LogP contribution in [0, 0.1) is 0 Å². The maximum absolute atomic E-state index is 10.9. The summed E-state index contributed by atoms with van der Waals surface area (Å²) in [4.78, 5) is 12.8. The molecule has 0 spiro atoms. The van der Waals surface area contributed by atoms with Crippen molar-refractivity contribution in [3.63, 3.8) is 0 Å². The van der Waals surface area contributed by atoms with Gasteiger partial charge in [-0.1, -0.05) is 6.92 Å². The van der Waals surface area contributed by atoms with E-state index in [1.807, 2.05) is 11.8 Å². The van der Waals surface area contributed by atoms with Crippen LogP contribution in [0.1, 0.15) is 6.92 Å². The molecular formula is C7H13NO3. The Morgan fingerprint density at radius 1 is 1.73 bits per heavy atom. The first-order valence-corrected chi connectivity index (χ1v) is 3.65. The highest BCUT2D eigenvalue weighted by Crippen LogP contribution is 2.21. The number of carbonyl (C=O) groups excluding carboxylic acids is 1. The van der Waals surface area contributed by atoms with Gasteiger partial charge >= 0.3 is 5.97 Å². The number of methoxy groups -OCH3 is 1. The molecule has 11 heavy (non-hydrogen) atoms. The van der Waals surface area contributed by atoms with Gasteiger partial charge < -0.3 is 9.84 Å². The summed E-state index contributed by atoms with van der Waals surface area (Å²) in [6.45, 7) is 3.64. The Bertz CT molecular complexity index is 163. The Balaban J connectivity index is 2.42. The minimum absolute atomic E-state index is 0.399. The summed E-state index contributed by atoms with van der Waals surface area (Å²) in [5.41, 5.74) is -1.23. The predicted molar refractivity (Wildman–Crippen MR) is 39.1 cm³/mol. The molecule has 0 unspecified atom stereocenters. The van der Waals surface area contributed by atoms with Crippen LogP contribution in [0.4, 0.5) is 0 Å².